The highest BCUT2D eigenvalue weighted by molar-refractivity contribution is 6.35. The van der Waals surface area contributed by atoms with E-state index in [1.165, 1.54) is 18.2 Å². The number of hydrogen-bond donors (Lipinski definition) is 3. The molecule has 9 heteroatoms. The molecule has 0 saturated heterocycles. The number of pyridine rings is 1. The number of anilines is 1. The molecule has 98 valence electrons. The van der Waals surface area contributed by atoms with Crippen LogP contribution in [0.1, 0.15) is 20.8 Å². The zero-order valence-electron chi connectivity index (χ0n) is 9.15. The molecule has 0 spiro atoms. The highest BCUT2D eigenvalue weighted by Crippen LogP contribution is 2.18. The van der Waals surface area contributed by atoms with E-state index >= 15 is 0 Å². The number of nitrogens with one attached hydrogen (secondary N) is 2. The molecule has 0 unspecified atom stereocenters. The second-order valence-corrected chi connectivity index (χ2v) is 4.14. The third kappa shape index (κ3) is 3.01. The predicted octanol–water partition coefficient (Wildman–Crippen LogP) is 2.06. The molecule has 0 atom stereocenters. The fourth-order valence-corrected chi connectivity index (χ4v) is 1.69. The van der Waals surface area contributed by atoms with Gasteiger partial charge in [0.1, 0.15) is 16.0 Å². The first-order valence-corrected chi connectivity index (χ1v) is 5.65. The van der Waals surface area contributed by atoms with Crippen molar-refractivity contribution >= 4 is 40.9 Å². The van der Waals surface area contributed by atoms with E-state index in [4.69, 9.17) is 28.3 Å². The number of aromatic carboxylic acids is 1. The Balaban J connectivity index is 2.18. The maximum atomic E-state index is 11.8. The Hall–Kier alpha value is -2.12. The first-order chi connectivity index (χ1) is 8.97. The van der Waals surface area contributed by atoms with Crippen LogP contribution < -0.4 is 5.32 Å². The van der Waals surface area contributed by atoms with Gasteiger partial charge in [0.2, 0.25) is 0 Å². The molecular formula is C10H6Cl2N4O3. The number of carboxylic acids is 1. The third-order valence-corrected chi connectivity index (χ3v) is 2.61. The highest BCUT2D eigenvalue weighted by Gasteiger charge is 2.14. The number of aromatic amines is 1. The van der Waals surface area contributed by atoms with E-state index in [2.05, 4.69) is 20.5 Å². The van der Waals surface area contributed by atoms with E-state index < -0.39 is 11.9 Å². The lowest BCUT2D eigenvalue weighted by molar-refractivity contribution is 0.0690. The summed E-state index contributed by atoms with van der Waals surface area (Å²) in [6.07, 6.45) is 0. The average molecular weight is 301 g/mol. The molecule has 1 amide bonds. The molecule has 7 nitrogen and oxygen atoms in total. The number of halogens is 2. The van der Waals surface area contributed by atoms with Crippen molar-refractivity contribution in [3.05, 3.63) is 39.8 Å². The van der Waals surface area contributed by atoms with E-state index in [0.29, 0.717) is 0 Å². The minimum absolute atomic E-state index is 0.0565. The van der Waals surface area contributed by atoms with Gasteiger partial charge in [-0.15, -0.1) is 0 Å². The van der Waals surface area contributed by atoms with Crippen molar-refractivity contribution in [2.24, 2.45) is 0 Å². The summed E-state index contributed by atoms with van der Waals surface area (Å²) >= 11 is 11.4. The fraction of sp³-hybridized carbons (Fsp3) is 0. The summed E-state index contributed by atoms with van der Waals surface area (Å²) in [7, 11) is 0. The van der Waals surface area contributed by atoms with Gasteiger partial charge >= 0.3 is 5.97 Å². The van der Waals surface area contributed by atoms with Gasteiger partial charge in [0.05, 0.1) is 5.56 Å². The smallest absolute Gasteiger partial charge is 0.353 e. The SMILES string of the molecule is O=C(O)c1cc(NC(=O)c2ccc(Cl)nc2Cl)n[nH]1. The van der Waals surface area contributed by atoms with Crippen LogP contribution in [-0.2, 0) is 0 Å². The summed E-state index contributed by atoms with van der Waals surface area (Å²) in [6, 6.07) is 3.99. The normalized spacial score (nSPS) is 10.2. The minimum Gasteiger partial charge on any atom is -0.477 e. The number of H-pyrrole nitrogens is 1. The Morgan fingerprint density at radius 3 is 2.63 bits per heavy atom. The number of nitrogens with zero attached hydrogens (tertiary/aromatic N) is 2. The van der Waals surface area contributed by atoms with E-state index in [9.17, 15) is 9.59 Å². The van der Waals surface area contributed by atoms with E-state index in [1.807, 2.05) is 0 Å². The Morgan fingerprint density at radius 2 is 2.05 bits per heavy atom. The fourth-order valence-electron chi connectivity index (χ4n) is 1.26. The van der Waals surface area contributed by atoms with Crippen LogP contribution >= 0.6 is 23.2 Å². The lowest BCUT2D eigenvalue weighted by Gasteiger charge is -2.03. The van der Waals surface area contributed by atoms with Gasteiger partial charge in [0, 0.05) is 6.07 Å². The second kappa shape index (κ2) is 5.25. The van der Waals surface area contributed by atoms with Gasteiger partial charge in [0.15, 0.2) is 5.82 Å². The lowest BCUT2D eigenvalue weighted by atomic mass is 10.2. The molecule has 0 aromatic carbocycles. The van der Waals surface area contributed by atoms with Crippen molar-refractivity contribution in [1.29, 1.82) is 0 Å². The van der Waals surface area contributed by atoms with Crippen molar-refractivity contribution < 1.29 is 14.7 Å². The van der Waals surface area contributed by atoms with E-state index in [0.717, 1.165) is 0 Å². The number of carbonyl (C=O) groups is 2. The van der Waals surface area contributed by atoms with Crippen molar-refractivity contribution in [2.45, 2.75) is 0 Å². The molecule has 0 fully saturated rings. The minimum atomic E-state index is -1.18. The number of aromatic nitrogens is 3. The van der Waals surface area contributed by atoms with Crippen molar-refractivity contribution in [3.8, 4) is 0 Å². The first-order valence-electron chi connectivity index (χ1n) is 4.89. The van der Waals surface area contributed by atoms with Crippen LogP contribution in [0.15, 0.2) is 18.2 Å². The van der Waals surface area contributed by atoms with Gasteiger partial charge in [-0.25, -0.2) is 9.78 Å². The average Bonchev–Trinajstić information content (AvgIpc) is 2.77. The Bertz CT molecular complexity index is 656. The van der Waals surface area contributed by atoms with Gasteiger partial charge in [-0.1, -0.05) is 23.2 Å². The second-order valence-electron chi connectivity index (χ2n) is 3.40. The quantitative estimate of drug-likeness (QED) is 0.752. The summed E-state index contributed by atoms with van der Waals surface area (Å²) in [5.41, 5.74) is -0.0402. The monoisotopic (exact) mass is 300 g/mol. The third-order valence-electron chi connectivity index (χ3n) is 2.11. The van der Waals surface area contributed by atoms with Crippen molar-refractivity contribution in [2.75, 3.05) is 5.32 Å². The number of hydrogen-bond acceptors (Lipinski definition) is 4. The van der Waals surface area contributed by atoms with Crippen LogP contribution in [0.5, 0.6) is 0 Å². The van der Waals surface area contributed by atoms with Crippen molar-refractivity contribution in [1.82, 2.24) is 15.2 Å². The van der Waals surface area contributed by atoms with Crippen LogP contribution in [-0.4, -0.2) is 32.2 Å². The molecule has 3 N–H and O–H groups in total. The van der Waals surface area contributed by atoms with Gasteiger partial charge in [-0.2, -0.15) is 5.10 Å². The van der Waals surface area contributed by atoms with Gasteiger partial charge in [-0.05, 0) is 12.1 Å². The predicted molar refractivity (Wildman–Crippen MR) is 67.8 cm³/mol. The van der Waals surface area contributed by atoms with Crippen LogP contribution in [0, 0.1) is 0 Å². The zero-order valence-corrected chi connectivity index (χ0v) is 10.7. The zero-order chi connectivity index (χ0) is 14.0. The molecule has 0 radical (unpaired) electrons. The lowest BCUT2D eigenvalue weighted by Crippen LogP contribution is -2.13. The largest absolute Gasteiger partial charge is 0.477 e. The molecule has 0 bridgehead atoms. The topological polar surface area (TPSA) is 108 Å². The Morgan fingerprint density at radius 1 is 1.32 bits per heavy atom. The highest BCUT2D eigenvalue weighted by atomic mass is 35.5. The van der Waals surface area contributed by atoms with Crippen molar-refractivity contribution in [3.63, 3.8) is 0 Å². The molecule has 2 aromatic heterocycles. The number of rotatable bonds is 3. The number of amides is 1. The maximum Gasteiger partial charge on any atom is 0.353 e. The van der Waals surface area contributed by atoms with Crippen LogP contribution in [0.2, 0.25) is 10.3 Å². The standard InChI is InChI=1S/C10H6Cl2N4O3/c11-6-2-1-4(8(12)13-6)9(17)14-7-3-5(10(18)19)15-16-7/h1-3H,(H,18,19)(H2,14,15,16,17). The summed E-state index contributed by atoms with van der Waals surface area (Å²) in [5.74, 6) is -1.69. The Labute approximate surface area is 116 Å². The summed E-state index contributed by atoms with van der Waals surface area (Å²) in [5, 5.41) is 17.1. The van der Waals surface area contributed by atoms with Crippen LogP contribution in [0.25, 0.3) is 0 Å². The summed E-state index contributed by atoms with van der Waals surface area (Å²) < 4.78 is 0. The van der Waals surface area contributed by atoms with Gasteiger partial charge in [-0.3, -0.25) is 9.89 Å². The molecule has 0 aliphatic rings. The van der Waals surface area contributed by atoms with Crippen LogP contribution in [0.3, 0.4) is 0 Å². The number of carbonyl (C=O) groups excluding carboxylic acids is 1. The first kappa shape index (κ1) is 13.3. The molecule has 0 aliphatic carbocycles. The molecule has 0 aliphatic heterocycles. The van der Waals surface area contributed by atoms with Crippen LogP contribution in [0.4, 0.5) is 5.82 Å². The maximum absolute atomic E-state index is 11.8. The van der Waals surface area contributed by atoms with Gasteiger partial charge in [0.25, 0.3) is 5.91 Å². The molecule has 2 rings (SSSR count). The summed E-state index contributed by atoms with van der Waals surface area (Å²) in [6.45, 7) is 0. The molecule has 2 heterocycles. The molecule has 0 saturated carbocycles. The Kier molecular flexibility index (Phi) is 3.68. The van der Waals surface area contributed by atoms with E-state index in [-0.39, 0.29) is 27.4 Å². The summed E-state index contributed by atoms with van der Waals surface area (Å²) in [4.78, 5) is 26.2. The molecule has 19 heavy (non-hydrogen) atoms. The van der Waals surface area contributed by atoms with E-state index in [1.54, 1.807) is 0 Å². The number of carboxylic acid groups (broad SMARTS) is 1. The molecule has 2 aromatic rings. The molecular weight excluding hydrogens is 295 g/mol. The van der Waals surface area contributed by atoms with Gasteiger partial charge < -0.3 is 10.4 Å².